The van der Waals surface area contributed by atoms with E-state index in [1.54, 1.807) is 12.1 Å². The number of phenols is 1. The number of rotatable bonds is 16. The molecule has 0 aliphatic carbocycles. The first kappa shape index (κ1) is 30.7. The molecular weight excluding hydrogens is 494 g/mol. The van der Waals surface area contributed by atoms with E-state index >= 15 is 0 Å². The van der Waals surface area contributed by atoms with Crippen LogP contribution in [-0.2, 0) is 30.4 Å². The standard InChI is InChI=1S/C22H33N5O8S/c1-36-9-8-14(23)19(31)26-16(10-12-2-4-13(29)5-3-12)20(32)27-17(11-28)21(33)25-15(22(34)35)6-7-18(24)30/h2-5,14-17,28-29H,6-11,23H2,1H3,(H2,24,30)(H,25,33)(H,26,31)(H,27,32)(H,34,35). The third-order valence-corrected chi connectivity index (χ3v) is 5.73. The molecule has 200 valence electrons. The van der Waals surface area contributed by atoms with Crippen LogP contribution in [0, 0.1) is 0 Å². The normalized spacial score (nSPS) is 14.1. The SMILES string of the molecule is CSCCC(N)C(=O)NC(Cc1ccc(O)cc1)C(=O)NC(CO)C(=O)NC(CCC(N)=O)C(=O)O. The molecule has 0 aliphatic rings. The monoisotopic (exact) mass is 527 g/mol. The molecule has 14 heteroatoms. The average Bonchev–Trinajstić information content (AvgIpc) is 2.83. The summed E-state index contributed by atoms with van der Waals surface area (Å²) in [6, 6.07) is 0.788. The van der Waals surface area contributed by atoms with Gasteiger partial charge in [0, 0.05) is 12.8 Å². The molecule has 1 rings (SSSR count). The van der Waals surface area contributed by atoms with Crippen molar-refractivity contribution in [3.05, 3.63) is 29.8 Å². The van der Waals surface area contributed by atoms with Gasteiger partial charge in [0.15, 0.2) is 0 Å². The van der Waals surface area contributed by atoms with E-state index in [0.717, 1.165) is 0 Å². The van der Waals surface area contributed by atoms with Crippen LogP contribution in [0.5, 0.6) is 5.75 Å². The highest BCUT2D eigenvalue weighted by Crippen LogP contribution is 2.12. The summed E-state index contributed by atoms with van der Waals surface area (Å²) >= 11 is 1.50. The number of phenolic OH excluding ortho intramolecular Hbond substituents is 1. The van der Waals surface area contributed by atoms with Gasteiger partial charge in [-0.25, -0.2) is 4.79 Å². The topological polar surface area (TPSA) is 234 Å². The maximum absolute atomic E-state index is 13.0. The van der Waals surface area contributed by atoms with Gasteiger partial charge in [-0.05, 0) is 42.5 Å². The number of aromatic hydroxyl groups is 1. The Kier molecular flexibility index (Phi) is 13.3. The van der Waals surface area contributed by atoms with Gasteiger partial charge < -0.3 is 42.7 Å². The number of amides is 4. The molecule has 0 spiro atoms. The minimum atomic E-state index is -1.54. The van der Waals surface area contributed by atoms with Crippen molar-refractivity contribution in [3.8, 4) is 5.75 Å². The highest BCUT2D eigenvalue weighted by Gasteiger charge is 2.30. The van der Waals surface area contributed by atoms with E-state index < -0.39 is 60.4 Å². The summed E-state index contributed by atoms with van der Waals surface area (Å²) in [5.74, 6) is -3.98. The molecule has 1 aromatic carbocycles. The molecule has 0 saturated heterocycles. The number of benzene rings is 1. The lowest BCUT2D eigenvalue weighted by molar-refractivity contribution is -0.143. The Morgan fingerprint density at radius 2 is 1.47 bits per heavy atom. The predicted molar refractivity (Wildman–Crippen MR) is 132 cm³/mol. The highest BCUT2D eigenvalue weighted by atomic mass is 32.2. The average molecular weight is 528 g/mol. The number of carboxylic acids is 1. The van der Waals surface area contributed by atoms with Crippen LogP contribution in [0.25, 0.3) is 0 Å². The number of nitrogens with one attached hydrogen (secondary N) is 3. The second-order valence-corrected chi connectivity index (χ2v) is 8.95. The summed E-state index contributed by atoms with van der Waals surface area (Å²) in [5, 5.41) is 35.4. The van der Waals surface area contributed by atoms with Gasteiger partial charge in [-0.15, -0.1) is 0 Å². The molecule has 1 aromatic rings. The number of carboxylic acid groups (broad SMARTS) is 1. The zero-order chi connectivity index (χ0) is 27.3. The van der Waals surface area contributed by atoms with Crippen molar-refractivity contribution in [2.45, 2.75) is 49.9 Å². The first-order valence-corrected chi connectivity index (χ1v) is 12.4. The van der Waals surface area contributed by atoms with Gasteiger partial charge in [0.25, 0.3) is 0 Å². The number of aliphatic hydroxyl groups excluding tert-OH is 1. The Morgan fingerprint density at radius 1 is 0.917 bits per heavy atom. The lowest BCUT2D eigenvalue weighted by Crippen LogP contribution is -2.58. The third-order valence-electron chi connectivity index (χ3n) is 5.09. The van der Waals surface area contributed by atoms with Crippen molar-refractivity contribution in [2.75, 3.05) is 18.6 Å². The largest absolute Gasteiger partial charge is 0.508 e. The Labute approximate surface area is 212 Å². The van der Waals surface area contributed by atoms with Gasteiger partial charge in [0.05, 0.1) is 12.6 Å². The quantitative estimate of drug-likeness (QED) is 0.116. The summed E-state index contributed by atoms with van der Waals surface area (Å²) in [7, 11) is 0. The first-order valence-electron chi connectivity index (χ1n) is 11.0. The molecule has 0 aliphatic heterocycles. The number of nitrogens with two attached hydrogens (primary N) is 2. The maximum atomic E-state index is 13.0. The van der Waals surface area contributed by atoms with Crippen molar-refractivity contribution in [1.29, 1.82) is 0 Å². The number of thioether (sulfide) groups is 1. The summed E-state index contributed by atoms with van der Waals surface area (Å²) in [6.07, 6.45) is 1.61. The zero-order valence-corrected chi connectivity index (χ0v) is 20.6. The molecule has 4 atom stereocenters. The molecule has 0 fully saturated rings. The molecule has 13 nitrogen and oxygen atoms in total. The third kappa shape index (κ3) is 10.9. The first-order chi connectivity index (χ1) is 17.0. The second-order valence-electron chi connectivity index (χ2n) is 7.97. The minimum absolute atomic E-state index is 0.00390. The smallest absolute Gasteiger partial charge is 0.326 e. The molecule has 4 unspecified atom stereocenters. The van der Waals surface area contributed by atoms with Crippen molar-refractivity contribution < 1.29 is 39.3 Å². The van der Waals surface area contributed by atoms with Crippen molar-refractivity contribution in [1.82, 2.24) is 16.0 Å². The number of hydrogen-bond donors (Lipinski definition) is 8. The van der Waals surface area contributed by atoms with Crippen LogP contribution in [0.2, 0.25) is 0 Å². The molecule has 36 heavy (non-hydrogen) atoms. The van der Waals surface area contributed by atoms with Crippen LogP contribution < -0.4 is 27.4 Å². The van der Waals surface area contributed by atoms with E-state index in [4.69, 9.17) is 11.5 Å². The van der Waals surface area contributed by atoms with Gasteiger partial charge in [-0.3, -0.25) is 19.2 Å². The Hall–Kier alpha value is -3.36. The lowest BCUT2D eigenvalue weighted by Gasteiger charge is -2.24. The minimum Gasteiger partial charge on any atom is -0.508 e. The fourth-order valence-electron chi connectivity index (χ4n) is 3.01. The number of aliphatic carboxylic acids is 1. The van der Waals surface area contributed by atoms with Crippen molar-refractivity contribution >= 4 is 41.4 Å². The van der Waals surface area contributed by atoms with E-state index in [0.29, 0.717) is 17.7 Å². The van der Waals surface area contributed by atoms with Gasteiger partial charge >= 0.3 is 5.97 Å². The van der Waals surface area contributed by atoms with E-state index in [-0.39, 0.29) is 25.0 Å². The van der Waals surface area contributed by atoms with E-state index in [9.17, 15) is 39.3 Å². The number of carbonyl (C=O) groups is 5. The predicted octanol–water partition coefficient (Wildman–Crippen LogP) is -2.19. The van der Waals surface area contributed by atoms with E-state index in [1.807, 2.05) is 6.26 Å². The molecule has 0 radical (unpaired) electrons. The van der Waals surface area contributed by atoms with Crippen LogP contribution in [0.1, 0.15) is 24.8 Å². The fourth-order valence-corrected chi connectivity index (χ4v) is 3.50. The molecule has 10 N–H and O–H groups in total. The van der Waals surface area contributed by atoms with E-state index in [1.165, 1.54) is 23.9 Å². The summed E-state index contributed by atoms with van der Waals surface area (Å²) in [4.78, 5) is 60.4. The number of aliphatic hydroxyl groups is 1. The fraction of sp³-hybridized carbons (Fsp3) is 0.500. The van der Waals surface area contributed by atoms with Gasteiger partial charge in [0.1, 0.15) is 23.9 Å². The maximum Gasteiger partial charge on any atom is 0.326 e. The zero-order valence-electron chi connectivity index (χ0n) is 19.8. The van der Waals surface area contributed by atoms with Crippen molar-refractivity contribution in [3.63, 3.8) is 0 Å². The summed E-state index contributed by atoms with van der Waals surface area (Å²) in [5.41, 5.74) is 11.5. The van der Waals surface area contributed by atoms with E-state index in [2.05, 4.69) is 16.0 Å². The molecule has 0 heterocycles. The number of hydrogen-bond acceptors (Lipinski definition) is 9. The Balaban J connectivity index is 2.98. The summed E-state index contributed by atoms with van der Waals surface area (Å²) < 4.78 is 0. The van der Waals surface area contributed by atoms with Gasteiger partial charge in [0.2, 0.25) is 23.6 Å². The van der Waals surface area contributed by atoms with Crippen LogP contribution in [0.4, 0.5) is 0 Å². The highest BCUT2D eigenvalue weighted by molar-refractivity contribution is 7.98. The van der Waals surface area contributed by atoms with Crippen LogP contribution >= 0.6 is 11.8 Å². The molecular formula is C22H33N5O8S. The van der Waals surface area contributed by atoms with Gasteiger partial charge in [-0.2, -0.15) is 11.8 Å². The number of carbonyl (C=O) groups excluding carboxylic acids is 4. The second kappa shape index (κ2) is 15.6. The molecule has 0 saturated carbocycles. The van der Waals surface area contributed by atoms with Crippen molar-refractivity contribution in [2.24, 2.45) is 11.5 Å². The number of primary amides is 1. The van der Waals surface area contributed by atoms with Crippen LogP contribution in [0.3, 0.4) is 0 Å². The lowest BCUT2D eigenvalue weighted by atomic mass is 10.0. The molecule has 0 aromatic heterocycles. The Bertz CT molecular complexity index is 914. The van der Waals surface area contributed by atoms with Gasteiger partial charge in [-0.1, -0.05) is 12.1 Å². The van der Waals surface area contributed by atoms with Crippen LogP contribution in [-0.4, -0.2) is 87.7 Å². The molecule has 4 amide bonds. The Morgan fingerprint density at radius 3 is 2.00 bits per heavy atom. The summed E-state index contributed by atoms with van der Waals surface area (Å²) in [6.45, 7) is -0.868. The van der Waals surface area contributed by atoms with Crippen LogP contribution in [0.15, 0.2) is 24.3 Å². The molecule has 0 bridgehead atoms.